The molecule has 0 aliphatic heterocycles. The molecule has 1 radical (unpaired) electrons. The summed E-state index contributed by atoms with van der Waals surface area (Å²) < 4.78 is 42.3. The summed E-state index contributed by atoms with van der Waals surface area (Å²) in [5, 5.41) is 0. The Balaban J connectivity index is 2.05. The number of hydrogen-bond donors (Lipinski definition) is 0. The molecule has 0 aliphatic carbocycles. The van der Waals surface area contributed by atoms with E-state index in [-0.39, 0.29) is 13.6 Å². The number of methoxy groups -OCH3 is 4. The van der Waals surface area contributed by atoms with Gasteiger partial charge in [-0.3, -0.25) is 0 Å². The first-order valence-electron chi connectivity index (χ1n) is 7.96. The first-order chi connectivity index (χ1) is 13.2. The zero-order chi connectivity index (χ0) is 19.5. The molecular formula is C18H22BO8. The van der Waals surface area contributed by atoms with Crippen molar-refractivity contribution in [3.05, 3.63) is 36.4 Å². The largest absolute Gasteiger partial charge is 0.658 e. The van der Waals surface area contributed by atoms with Crippen LogP contribution in [0.5, 0.6) is 34.5 Å². The van der Waals surface area contributed by atoms with Gasteiger partial charge in [-0.25, -0.2) is 0 Å². The third-order valence-electron chi connectivity index (χ3n) is 3.32. The summed E-state index contributed by atoms with van der Waals surface area (Å²) in [5.74, 6) is 3.00. The van der Waals surface area contributed by atoms with Crippen molar-refractivity contribution in [2.75, 3.05) is 42.0 Å². The molecule has 0 spiro atoms. The van der Waals surface area contributed by atoms with Crippen molar-refractivity contribution in [3.8, 4) is 34.5 Å². The standard InChI is InChI=1S/C18H22BO8/c1-20-11-24-17-9-13(22-3)5-7-15(17)26-19-27-16-8-6-14(23-4)10-18(16)25-12-21-2/h5-10H,11-12H2,1-4H3. The van der Waals surface area contributed by atoms with Gasteiger partial charge in [0, 0.05) is 26.4 Å². The minimum Gasteiger partial charge on any atom is -0.524 e. The highest BCUT2D eigenvalue weighted by Crippen LogP contribution is 2.33. The monoisotopic (exact) mass is 377 g/mol. The summed E-state index contributed by atoms with van der Waals surface area (Å²) in [6.07, 6.45) is 0. The highest BCUT2D eigenvalue weighted by Gasteiger charge is 2.13. The number of benzene rings is 2. The van der Waals surface area contributed by atoms with Gasteiger partial charge >= 0.3 is 7.69 Å². The van der Waals surface area contributed by atoms with Gasteiger partial charge in [-0.05, 0) is 24.3 Å². The molecule has 27 heavy (non-hydrogen) atoms. The second kappa shape index (κ2) is 11.0. The molecule has 0 fully saturated rings. The molecule has 0 unspecified atom stereocenters. The molecule has 0 aromatic heterocycles. The molecule has 8 nitrogen and oxygen atoms in total. The van der Waals surface area contributed by atoms with Gasteiger partial charge in [-0.1, -0.05) is 0 Å². The quantitative estimate of drug-likeness (QED) is 0.413. The van der Waals surface area contributed by atoms with Gasteiger partial charge in [-0.2, -0.15) is 0 Å². The Kier molecular flexibility index (Phi) is 8.40. The SMILES string of the molecule is COCOc1cc(OC)ccc1O[B]Oc1ccc(OC)cc1OCOC. The molecule has 0 saturated heterocycles. The predicted octanol–water partition coefficient (Wildman–Crippen LogP) is 2.66. The van der Waals surface area contributed by atoms with Gasteiger partial charge in [0.25, 0.3) is 0 Å². The molecule has 0 bridgehead atoms. The van der Waals surface area contributed by atoms with Crippen molar-refractivity contribution in [3.63, 3.8) is 0 Å². The molecule has 2 aromatic carbocycles. The van der Waals surface area contributed by atoms with Gasteiger partial charge in [0.1, 0.15) is 23.0 Å². The molecule has 0 saturated carbocycles. The average Bonchev–Trinajstić information content (AvgIpc) is 2.71. The van der Waals surface area contributed by atoms with E-state index in [0.29, 0.717) is 34.5 Å². The summed E-state index contributed by atoms with van der Waals surface area (Å²) in [6.45, 7) is 0.135. The van der Waals surface area contributed by atoms with Crippen molar-refractivity contribution in [2.24, 2.45) is 0 Å². The normalized spacial score (nSPS) is 10.1. The lowest BCUT2D eigenvalue weighted by Gasteiger charge is -2.15. The maximum absolute atomic E-state index is 5.55. The van der Waals surface area contributed by atoms with Crippen LogP contribution < -0.4 is 28.3 Å². The Bertz CT molecular complexity index is 650. The van der Waals surface area contributed by atoms with E-state index in [4.69, 9.17) is 37.7 Å². The van der Waals surface area contributed by atoms with Crippen molar-refractivity contribution in [1.82, 2.24) is 0 Å². The van der Waals surface area contributed by atoms with E-state index in [0.717, 1.165) is 0 Å². The van der Waals surface area contributed by atoms with Crippen LogP contribution >= 0.6 is 0 Å². The lowest BCUT2D eigenvalue weighted by atomic mass is 10.2. The van der Waals surface area contributed by atoms with E-state index in [2.05, 4.69) is 0 Å². The van der Waals surface area contributed by atoms with E-state index >= 15 is 0 Å². The van der Waals surface area contributed by atoms with Crippen LogP contribution in [0.1, 0.15) is 0 Å². The fourth-order valence-corrected chi connectivity index (χ4v) is 2.02. The minimum atomic E-state index is 0.0673. The van der Waals surface area contributed by atoms with Gasteiger partial charge < -0.3 is 37.7 Å². The van der Waals surface area contributed by atoms with E-state index in [1.807, 2.05) is 0 Å². The van der Waals surface area contributed by atoms with Crippen molar-refractivity contribution in [2.45, 2.75) is 0 Å². The van der Waals surface area contributed by atoms with Crippen LogP contribution in [0.2, 0.25) is 0 Å². The number of hydrogen-bond acceptors (Lipinski definition) is 8. The Morgan fingerprint density at radius 1 is 0.630 bits per heavy atom. The minimum absolute atomic E-state index is 0.0673. The summed E-state index contributed by atoms with van der Waals surface area (Å²) in [4.78, 5) is 0. The molecule has 0 N–H and O–H groups in total. The smallest absolute Gasteiger partial charge is 0.524 e. The number of ether oxygens (including phenoxy) is 6. The first-order valence-corrected chi connectivity index (χ1v) is 7.96. The number of rotatable bonds is 12. The molecule has 0 atom stereocenters. The maximum Gasteiger partial charge on any atom is 0.658 e. The lowest BCUT2D eigenvalue weighted by Crippen LogP contribution is -2.13. The summed E-state index contributed by atoms with van der Waals surface area (Å²) in [7, 11) is 7.36. The van der Waals surface area contributed by atoms with Crippen LogP contribution in [-0.4, -0.2) is 49.7 Å². The van der Waals surface area contributed by atoms with E-state index in [1.54, 1.807) is 50.6 Å². The van der Waals surface area contributed by atoms with E-state index in [9.17, 15) is 0 Å². The Hall–Kier alpha value is -2.78. The highest BCUT2D eigenvalue weighted by molar-refractivity contribution is 6.21. The van der Waals surface area contributed by atoms with Gasteiger partial charge in [0.2, 0.25) is 0 Å². The third-order valence-corrected chi connectivity index (χ3v) is 3.32. The van der Waals surface area contributed by atoms with Crippen LogP contribution in [0.15, 0.2) is 36.4 Å². The van der Waals surface area contributed by atoms with Crippen molar-refractivity contribution < 1.29 is 37.7 Å². The highest BCUT2D eigenvalue weighted by atomic mass is 16.7. The summed E-state index contributed by atoms with van der Waals surface area (Å²) in [6, 6.07) is 10.2. The van der Waals surface area contributed by atoms with Crippen molar-refractivity contribution in [1.29, 1.82) is 0 Å². The zero-order valence-corrected chi connectivity index (χ0v) is 15.7. The molecule has 0 aliphatic rings. The van der Waals surface area contributed by atoms with E-state index in [1.165, 1.54) is 21.9 Å². The van der Waals surface area contributed by atoms with Gasteiger partial charge in [0.15, 0.2) is 25.1 Å². The topological polar surface area (TPSA) is 73.8 Å². The fourth-order valence-electron chi connectivity index (χ4n) is 2.02. The van der Waals surface area contributed by atoms with Crippen LogP contribution in [0, 0.1) is 0 Å². The molecule has 145 valence electrons. The zero-order valence-electron chi connectivity index (χ0n) is 15.7. The molecule has 0 amide bonds. The van der Waals surface area contributed by atoms with Crippen LogP contribution in [0.3, 0.4) is 0 Å². The Morgan fingerprint density at radius 3 is 1.44 bits per heavy atom. The second-order valence-corrected chi connectivity index (χ2v) is 5.06. The molecule has 9 heteroatoms. The predicted molar refractivity (Wildman–Crippen MR) is 98.0 cm³/mol. The first kappa shape index (κ1) is 20.5. The van der Waals surface area contributed by atoms with Crippen LogP contribution in [0.25, 0.3) is 0 Å². The average molecular weight is 377 g/mol. The van der Waals surface area contributed by atoms with Crippen LogP contribution in [-0.2, 0) is 9.47 Å². The summed E-state index contributed by atoms with van der Waals surface area (Å²) in [5.41, 5.74) is 0. The summed E-state index contributed by atoms with van der Waals surface area (Å²) >= 11 is 0. The molecule has 2 rings (SSSR count). The fraction of sp³-hybridized carbons (Fsp3) is 0.333. The van der Waals surface area contributed by atoms with Crippen molar-refractivity contribution >= 4 is 7.69 Å². The molecule has 2 aromatic rings. The molecular weight excluding hydrogens is 355 g/mol. The Morgan fingerprint density at radius 2 is 1.07 bits per heavy atom. The Labute approximate surface area is 159 Å². The maximum atomic E-state index is 5.55. The second-order valence-electron chi connectivity index (χ2n) is 5.06. The van der Waals surface area contributed by atoms with Crippen LogP contribution in [0.4, 0.5) is 0 Å². The van der Waals surface area contributed by atoms with Gasteiger partial charge in [0.05, 0.1) is 14.2 Å². The molecule has 0 heterocycles. The lowest BCUT2D eigenvalue weighted by molar-refractivity contribution is 0.0492. The van der Waals surface area contributed by atoms with E-state index < -0.39 is 0 Å². The van der Waals surface area contributed by atoms with Gasteiger partial charge in [-0.15, -0.1) is 0 Å². The third kappa shape index (κ3) is 6.16.